The molecule has 0 N–H and O–H groups in total. The molecule has 0 spiro atoms. The zero-order chi connectivity index (χ0) is 14.2. The molecule has 0 aliphatic carbocycles. The molecule has 7 heteroatoms. The third-order valence-corrected chi connectivity index (χ3v) is 4.44. The van der Waals surface area contributed by atoms with E-state index in [4.69, 9.17) is 0 Å². The molecule has 1 aromatic heterocycles. The van der Waals surface area contributed by atoms with Crippen LogP contribution in [0.3, 0.4) is 0 Å². The van der Waals surface area contributed by atoms with Crippen LogP contribution in [-0.4, -0.2) is 5.78 Å². The van der Waals surface area contributed by atoms with Crippen molar-refractivity contribution in [2.75, 3.05) is 0 Å². The van der Waals surface area contributed by atoms with E-state index in [1.165, 1.54) is 18.2 Å². The summed E-state index contributed by atoms with van der Waals surface area (Å²) in [6.45, 7) is 0. The van der Waals surface area contributed by atoms with E-state index in [0.29, 0.717) is 3.79 Å². The third-order valence-electron chi connectivity index (χ3n) is 2.33. The topological polar surface area (TPSA) is 17.1 Å². The molecule has 2 rings (SSSR count). The molecule has 0 aliphatic rings. The van der Waals surface area contributed by atoms with Gasteiger partial charge in [-0.05, 0) is 46.3 Å². The lowest BCUT2D eigenvalue weighted by atomic mass is 10.0. The molecule has 0 saturated carbocycles. The maximum Gasteiger partial charge on any atom is 0.417 e. The number of rotatable bonds is 2. The Labute approximate surface area is 127 Å². The summed E-state index contributed by atoms with van der Waals surface area (Å²) in [7, 11) is 0. The van der Waals surface area contributed by atoms with E-state index in [0.717, 1.165) is 17.4 Å². The van der Waals surface area contributed by atoms with Crippen LogP contribution in [0.25, 0.3) is 0 Å². The predicted octanol–water partition coefficient (Wildman–Crippen LogP) is 5.52. The van der Waals surface area contributed by atoms with E-state index in [2.05, 4.69) is 31.9 Å². The van der Waals surface area contributed by atoms with E-state index >= 15 is 0 Å². The molecule has 0 atom stereocenters. The molecule has 100 valence electrons. The molecule has 0 amide bonds. The summed E-state index contributed by atoms with van der Waals surface area (Å²) < 4.78 is 39.8. The van der Waals surface area contributed by atoms with Crippen molar-refractivity contribution in [1.29, 1.82) is 0 Å². The second-order valence-electron chi connectivity index (χ2n) is 3.62. The molecule has 0 unspecified atom stereocenters. The van der Waals surface area contributed by atoms with Gasteiger partial charge in [-0.1, -0.05) is 15.9 Å². The molecule has 1 aromatic carbocycles. The van der Waals surface area contributed by atoms with Crippen molar-refractivity contribution in [3.63, 3.8) is 0 Å². The Bertz CT molecular complexity index is 634. The fraction of sp³-hybridized carbons (Fsp3) is 0.0833. The molecule has 0 radical (unpaired) electrons. The lowest BCUT2D eigenvalue weighted by Crippen LogP contribution is -2.13. The standard InChI is InChI=1S/C12H5Br2F3OS/c13-6-1-2-7(8(5-6)12(15,16)17)11(18)9-3-4-10(14)19-9/h1-5H. The van der Waals surface area contributed by atoms with Gasteiger partial charge in [0.15, 0.2) is 0 Å². The van der Waals surface area contributed by atoms with Crippen LogP contribution in [0.4, 0.5) is 13.2 Å². The number of halogens is 5. The van der Waals surface area contributed by atoms with E-state index in [1.807, 2.05) is 0 Å². The summed E-state index contributed by atoms with van der Waals surface area (Å²) in [5, 5.41) is 0. The average molecular weight is 414 g/mol. The Hall–Kier alpha value is -0.660. The fourth-order valence-corrected chi connectivity index (χ4v) is 3.22. The highest BCUT2D eigenvalue weighted by molar-refractivity contribution is 9.11. The number of hydrogen-bond acceptors (Lipinski definition) is 2. The van der Waals surface area contributed by atoms with Gasteiger partial charge in [0.05, 0.1) is 14.2 Å². The van der Waals surface area contributed by atoms with Crippen LogP contribution in [0.2, 0.25) is 0 Å². The molecule has 19 heavy (non-hydrogen) atoms. The van der Waals surface area contributed by atoms with Gasteiger partial charge in [0.2, 0.25) is 5.78 Å². The lowest BCUT2D eigenvalue weighted by molar-refractivity contribution is -0.137. The van der Waals surface area contributed by atoms with Crippen molar-refractivity contribution in [2.45, 2.75) is 6.18 Å². The summed E-state index contributed by atoms with van der Waals surface area (Å²) in [4.78, 5) is 12.4. The number of carbonyl (C=O) groups is 1. The molecule has 0 aliphatic heterocycles. The van der Waals surface area contributed by atoms with E-state index in [9.17, 15) is 18.0 Å². The number of thiophene rings is 1. The van der Waals surface area contributed by atoms with Crippen LogP contribution in [0.1, 0.15) is 20.8 Å². The third kappa shape index (κ3) is 3.27. The zero-order valence-electron chi connectivity index (χ0n) is 9.09. The van der Waals surface area contributed by atoms with Gasteiger partial charge in [-0.2, -0.15) is 13.2 Å². The van der Waals surface area contributed by atoms with Gasteiger partial charge in [-0.15, -0.1) is 11.3 Å². The fourth-order valence-electron chi connectivity index (χ4n) is 1.52. The normalized spacial score (nSPS) is 11.6. The molecule has 1 nitrogen and oxygen atoms in total. The van der Waals surface area contributed by atoms with Gasteiger partial charge in [0.25, 0.3) is 0 Å². The van der Waals surface area contributed by atoms with Gasteiger partial charge < -0.3 is 0 Å². The van der Waals surface area contributed by atoms with Crippen molar-refractivity contribution >= 4 is 49.0 Å². The van der Waals surface area contributed by atoms with Gasteiger partial charge in [0.1, 0.15) is 0 Å². The first-order valence-electron chi connectivity index (χ1n) is 4.96. The highest BCUT2D eigenvalue weighted by atomic mass is 79.9. The number of alkyl halides is 3. The molecule has 0 fully saturated rings. The maximum absolute atomic E-state index is 12.9. The maximum atomic E-state index is 12.9. The summed E-state index contributed by atoms with van der Waals surface area (Å²) in [5.74, 6) is -0.629. The Balaban J connectivity index is 2.53. The Morgan fingerprint density at radius 1 is 1.11 bits per heavy atom. The number of hydrogen-bond donors (Lipinski definition) is 0. The smallest absolute Gasteiger partial charge is 0.288 e. The summed E-state index contributed by atoms with van der Waals surface area (Å²) in [5.41, 5.74) is -1.28. The van der Waals surface area contributed by atoms with Crippen molar-refractivity contribution in [3.8, 4) is 0 Å². The Morgan fingerprint density at radius 2 is 1.79 bits per heavy atom. The van der Waals surface area contributed by atoms with Crippen LogP contribution in [0, 0.1) is 0 Å². The van der Waals surface area contributed by atoms with E-state index in [1.54, 1.807) is 6.07 Å². The first kappa shape index (κ1) is 14.7. The summed E-state index contributed by atoms with van der Waals surface area (Å²) in [6, 6.07) is 6.65. The quantitative estimate of drug-likeness (QED) is 0.592. The lowest BCUT2D eigenvalue weighted by Gasteiger charge is -2.11. The Kier molecular flexibility index (Phi) is 4.17. The minimum absolute atomic E-state index is 0.264. The van der Waals surface area contributed by atoms with Crippen LogP contribution >= 0.6 is 43.2 Å². The second kappa shape index (κ2) is 5.38. The van der Waals surface area contributed by atoms with E-state index < -0.39 is 17.5 Å². The zero-order valence-corrected chi connectivity index (χ0v) is 13.1. The number of ketones is 1. The molecule has 2 aromatic rings. The molecule has 0 bridgehead atoms. The molecule has 1 heterocycles. The van der Waals surface area contributed by atoms with Gasteiger partial charge in [0, 0.05) is 10.0 Å². The minimum Gasteiger partial charge on any atom is -0.288 e. The molecular formula is C12H5Br2F3OS. The number of benzene rings is 1. The van der Waals surface area contributed by atoms with Crippen molar-refractivity contribution in [3.05, 3.63) is 54.6 Å². The Morgan fingerprint density at radius 3 is 2.32 bits per heavy atom. The van der Waals surface area contributed by atoms with Crippen molar-refractivity contribution in [1.82, 2.24) is 0 Å². The molecule has 0 saturated heterocycles. The first-order valence-corrected chi connectivity index (χ1v) is 7.36. The van der Waals surface area contributed by atoms with Gasteiger partial charge in [-0.25, -0.2) is 0 Å². The second-order valence-corrected chi connectivity index (χ2v) is 7.00. The van der Waals surface area contributed by atoms with Crippen molar-refractivity contribution < 1.29 is 18.0 Å². The largest absolute Gasteiger partial charge is 0.417 e. The van der Waals surface area contributed by atoms with Gasteiger partial charge in [-0.3, -0.25) is 4.79 Å². The van der Waals surface area contributed by atoms with Crippen LogP contribution in [-0.2, 0) is 6.18 Å². The highest BCUT2D eigenvalue weighted by Gasteiger charge is 2.35. The van der Waals surface area contributed by atoms with Crippen LogP contribution in [0.5, 0.6) is 0 Å². The average Bonchev–Trinajstić information content (AvgIpc) is 2.74. The number of carbonyl (C=O) groups excluding carboxylic acids is 1. The summed E-state index contributed by atoms with van der Waals surface area (Å²) in [6.07, 6.45) is -4.57. The van der Waals surface area contributed by atoms with Crippen LogP contribution in [0.15, 0.2) is 38.6 Å². The monoisotopic (exact) mass is 412 g/mol. The minimum atomic E-state index is -4.57. The summed E-state index contributed by atoms with van der Waals surface area (Å²) >= 11 is 7.26. The van der Waals surface area contributed by atoms with Gasteiger partial charge >= 0.3 is 6.18 Å². The first-order chi connectivity index (χ1) is 8.79. The predicted molar refractivity (Wildman–Crippen MR) is 74.6 cm³/mol. The van der Waals surface area contributed by atoms with Crippen LogP contribution < -0.4 is 0 Å². The SMILES string of the molecule is O=C(c1ccc(Br)s1)c1ccc(Br)cc1C(F)(F)F. The molecular weight excluding hydrogens is 409 g/mol. The van der Waals surface area contributed by atoms with Crippen molar-refractivity contribution in [2.24, 2.45) is 0 Å². The van der Waals surface area contributed by atoms with E-state index in [-0.39, 0.29) is 14.9 Å². The highest BCUT2D eigenvalue weighted by Crippen LogP contribution is 2.35.